The topological polar surface area (TPSA) is 59.6 Å². The van der Waals surface area contributed by atoms with E-state index >= 15 is 0 Å². The summed E-state index contributed by atoms with van der Waals surface area (Å²) in [5, 5.41) is 5.57. The molecule has 2 rings (SSSR count). The number of ether oxygens (including phenoxy) is 2. The highest BCUT2D eigenvalue weighted by Gasteiger charge is 2.31. The van der Waals surface area contributed by atoms with Gasteiger partial charge in [-0.25, -0.2) is 0 Å². The Labute approximate surface area is 112 Å². The van der Waals surface area contributed by atoms with Crippen LogP contribution in [0.3, 0.4) is 0 Å². The van der Waals surface area contributed by atoms with Crippen LogP contribution in [-0.4, -0.2) is 24.8 Å². The summed E-state index contributed by atoms with van der Waals surface area (Å²) >= 11 is 0. The van der Waals surface area contributed by atoms with E-state index in [1.165, 1.54) is 0 Å². The van der Waals surface area contributed by atoms with E-state index in [4.69, 9.17) is 15.9 Å². The minimum Gasteiger partial charge on any atom is -0.449 e. The first-order valence-electron chi connectivity index (χ1n) is 5.96. The molecule has 5 nitrogen and oxygen atoms in total. The Morgan fingerprint density at radius 3 is 2.84 bits per heavy atom. The van der Waals surface area contributed by atoms with Crippen LogP contribution in [0, 0.1) is 12.3 Å². The molecule has 19 heavy (non-hydrogen) atoms. The normalized spacial score (nSPS) is 14.8. The van der Waals surface area contributed by atoms with Crippen molar-refractivity contribution in [3.05, 3.63) is 18.2 Å². The average molecular weight is 260 g/mol. The molecule has 0 bridgehead atoms. The van der Waals surface area contributed by atoms with Gasteiger partial charge >= 0.3 is 0 Å². The molecule has 1 heterocycles. The SMILES string of the molecule is C#CCNCC(=O)Nc1ccc2c(c1)OC(C)(C)O2. The molecule has 1 amide bonds. The number of hydrogen-bond donors (Lipinski definition) is 2. The Morgan fingerprint density at radius 1 is 1.37 bits per heavy atom. The highest BCUT2D eigenvalue weighted by atomic mass is 16.7. The first-order chi connectivity index (χ1) is 9.00. The van der Waals surface area contributed by atoms with Crippen LogP contribution >= 0.6 is 0 Å². The average Bonchev–Trinajstić information content (AvgIpc) is 2.62. The molecule has 0 saturated heterocycles. The van der Waals surface area contributed by atoms with Gasteiger partial charge in [0.05, 0.1) is 13.1 Å². The summed E-state index contributed by atoms with van der Waals surface area (Å²) in [5.41, 5.74) is 0.660. The number of hydrogen-bond acceptors (Lipinski definition) is 4. The van der Waals surface area contributed by atoms with Gasteiger partial charge in [0.1, 0.15) is 0 Å². The Hall–Kier alpha value is -2.19. The van der Waals surface area contributed by atoms with Gasteiger partial charge in [-0.3, -0.25) is 10.1 Å². The molecule has 0 aliphatic carbocycles. The molecule has 0 spiro atoms. The van der Waals surface area contributed by atoms with Crippen LogP contribution in [0.25, 0.3) is 0 Å². The van der Waals surface area contributed by atoms with Crippen LogP contribution < -0.4 is 20.1 Å². The number of fused-ring (bicyclic) bond motifs is 1. The van der Waals surface area contributed by atoms with Crippen molar-refractivity contribution in [1.29, 1.82) is 0 Å². The van der Waals surface area contributed by atoms with Crippen LogP contribution in [-0.2, 0) is 4.79 Å². The molecular weight excluding hydrogens is 244 g/mol. The fraction of sp³-hybridized carbons (Fsp3) is 0.357. The van der Waals surface area contributed by atoms with Gasteiger partial charge in [-0.2, -0.15) is 0 Å². The molecule has 1 aliphatic heterocycles. The summed E-state index contributed by atoms with van der Waals surface area (Å²) in [4.78, 5) is 11.6. The van der Waals surface area contributed by atoms with Gasteiger partial charge in [0.2, 0.25) is 11.7 Å². The zero-order valence-electron chi connectivity index (χ0n) is 10.9. The standard InChI is InChI=1S/C14H16N2O3/c1-4-7-15-9-13(17)16-10-5-6-11-12(8-10)19-14(2,3)18-11/h1,5-6,8,15H,7,9H2,2-3H3,(H,16,17). The van der Waals surface area contributed by atoms with Crippen LogP contribution in [0.4, 0.5) is 5.69 Å². The smallest absolute Gasteiger partial charge is 0.246 e. The van der Waals surface area contributed by atoms with Crippen LogP contribution in [0.2, 0.25) is 0 Å². The van der Waals surface area contributed by atoms with Gasteiger partial charge in [-0.15, -0.1) is 6.42 Å². The van der Waals surface area contributed by atoms with E-state index in [0.29, 0.717) is 23.7 Å². The van der Waals surface area contributed by atoms with E-state index in [2.05, 4.69) is 16.6 Å². The lowest BCUT2D eigenvalue weighted by Gasteiger charge is -2.16. The number of rotatable bonds is 4. The minimum atomic E-state index is -0.667. The largest absolute Gasteiger partial charge is 0.449 e. The fourth-order valence-corrected chi connectivity index (χ4v) is 1.75. The fourth-order valence-electron chi connectivity index (χ4n) is 1.75. The third-order valence-electron chi connectivity index (χ3n) is 2.45. The zero-order chi connectivity index (χ0) is 13.9. The highest BCUT2D eigenvalue weighted by molar-refractivity contribution is 5.92. The Morgan fingerprint density at radius 2 is 2.11 bits per heavy atom. The van der Waals surface area contributed by atoms with Crippen molar-refractivity contribution < 1.29 is 14.3 Å². The second-order valence-corrected chi connectivity index (χ2v) is 4.62. The number of carbonyl (C=O) groups excluding carboxylic acids is 1. The maximum Gasteiger partial charge on any atom is 0.246 e. The van der Waals surface area contributed by atoms with E-state index in [0.717, 1.165) is 0 Å². The predicted octanol–water partition coefficient (Wildman–Crippen LogP) is 1.36. The molecule has 0 radical (unpaired) electrons. The summed E-state index contributed by atoms with van der Waals surface area (Å²) in [6.45, 7) is 4.19. The molecule has 0 unspecified atom stereocenters. The lowest BCUT2D eigenvalue weighted by atomic mass is 10.3. The number of anilines is 1. The Kier molecular flexibility index (Phi) is 3.63. The molecule has 0 aromatic heterocycles. The minimum absolute atomic E-state index is 0.159. The molecule has 5 heteroatoms. The highest BCUT2D eigenvalue weighted by Crippen LogP contribution is 2.40. The van der Waals surface area contributed by atoms with Gasteiger partial charge in [-0.1, -0.05) is 5.92 Å². The summed E-state index contributed by atoms with van der Waals surface area (Å²) in [6.07, 6.45) is 5.08. The Bertz CT molecular complexity index is 532. The summed E-state index contributed by atoms with van der Waals surface area (Å²) in [6, 6.07) is 5.28. The van der Waals surface area contributed by atoms with Crippen LogP contribution in [0.15, 0.2) is 18.2 Å². The van der Waals surface area contributed by atoms with Crippen molar-refractivity contribution in [2.24, 2.45) is 0 Å². The quantitative estimate of drug-likeness (QED) is 0.634. The maximum absolute atomic E-state index is 11.6. The van der Waals surface area contributed by atoms with Crippen molar-refractivity contribution >= 4 is 11.6 Å². The Balaban J connectivity index is 1.97. The van der Waals surface area contributed by atoms with Crippen molar-refractivity contribution in [2.45, 2.75) is 19.6 Å². The van der Waals surface area contributed by atoms with E-state index < -0.39 is 5.79 Å². The maximum atomic E-state index is 11.6. The lowest BCUT2D eigenvalue weighted by Crippen LogP contribution is -2.29. The van der Waals surface area contributed by atoms with E-state index in [9.17, 15) is 4.79 Å². The molecule has 1 aliphatic rings. The van der Waals surface area contributed by atoms with Crippen LogP contribution in [0.5, 0.6) is 11.5 Å². The monoisotopic (exact) mass is 260 g/mol. The molecular formula is C14H16N2O3. The zero-order valence-corrected chi connectivity index (χ0v) is 10.9. The first kappa shape index (κ1) is 13.2. The molecule has 1 aromatic carbocycles. The lowest BCUT2D eigenvalue weighted by molar-refractivity contribution is -0.115. The summed E-state index contributed by atoms with van der Waals surface area (Å²) in [5.74, 6) is 2.87. The third-order valence-corrected chi connectivity index (χ3v) is 2.45. The number of nitrogens with one attached hydrogen (secondary N) is 2. The van der Waals surface area contributed by atoms with Gasteiger partial charge < -0.3 is 14.8 Å². The number of amides is 1. The van der Waals surface area contributed by atoms with Gasteiger partial charge in [0.25, 0.3) is 0 Å². The molecule has 2 N–H and O–H groups in total. The van der Waals surface area contributed by atoms with Crippen LogP contribution in [0.1, 0.15) is 13.8 Å². The van der Waals surface area contributed by atoms with Crippen molar-refractivity contribution in [1.82, 2.24) is 5.32 Å². The van der Waals surface area contributed by atoms with Crippen molar-refractivity contribution in [2.75, 3.05) is 18.4 Å². The van der Waals surface area contributed by atoms with E-state index in [1.807, 2.05) is 13.8 Å². The summed E-state index contributed by atoms with van der Waals surface area (Å²) in [7, 11) is 0. The molecule has 0 saturated carbocycles. The first-order valence-corrected chi connectivity index (χ1v) is 5.96. The third kappa shape index (κ3) is 3.39. The van der Waals surface area contributed by atoms with Gasteiger partial charge in [-0.05, 0) is 12.1 Å². The van der Waals surface area contributed by atoms with Crippen molar-refractivity contribution in [3.8, 4) is 23.8 Å². The van der Waals surface area contributed by atoms with E-state index in [1.54, 1.807) is 18.2 Å². The number of carbonyl (C=O) groups is 1. The second kappa shape index (κ2) is 5.21. The predicted molar refractivity (Wildman–Crippen MR) is 72.1 cm³/mol. The van der Waals surface area contributed by atoms with E-state index in [-0.39, 0.29) is 12.5 Å². The second-order valence-electron chi connectivity index (χ2n) is 4.62. The molecule has 0 atom stereocenters. The summed E-state index contributed by atoms with van der Waals surface area (Å²) < 4.78 is 11.2. The number of terminal acetylenes is 1. The van der Waals surface area contributed by atoms with Crippen molar-refractivity contribution in [3.63, 3.8) is 0 Å². The molecule has 0 fully saturated rings. The number of benzene rings is 1. The molecule has 1 aromatic rings. The van der Waals surface area contributed by atoms with Gasteiger partial charge in [0, 0.05) is 25.6 Å². The van der Waals surface area contributed by atoms with Gasteiger partial charge in [0.15, 0.2) is 11.5 Å². The molecule has 100 valence electrons.